The standard InChI is InChI=1S/C27H31NO2/c1-27-13-12-23-22-11-9-21(29)15-18(22)6-10-24(23)25(27)16-19(26(27)30)14-17-4-7-20(8-5-17)28(2)3/h4-5,7-9,11,14-15,23-25,29H,6,10,12-13,16H2,1-3H3/t23?,24?,25?,27-/m0/s1. The van der Waals surface area contributed by atoms with Crippen molar-refractivity contribution in [3.05, 3.63) is 64.7 Å². The van der Waals surface area contributed by atoms with Gasteiger partial charge in [-0.1, -0.05) is 25.1 Å². The third kappa shape index (κ3) is 2.98. The Balaban J connectivity index is 1.44. The van der Waals surface area contributed by atoms with Gasteiger partial charge < -0.3 is 10.0 Å². The summed E-state index contributed by atoms with van der Waals surface area (Å²) in [7, 11) is 4.08. The fourth-order valence-electron chi connectivity index (χ4n) is 6.44. The molecule has 2 aromatic rings. The van der Waals surface area contributed by atoms with Gasteiger partial charge in [0.05, 0.1) is 0 Å². The lowest BCUT2D eigenvalue weighted by atomic mass is 9.55. The molecule has 0 aliphatic heterocycles. The number of aryl methyl sites for hydroxylation is 1. The lowest BCUT2D eigenvalue weighted by Crippen LogP contribution is -2.42. The highest BCUT2D eigenvalue weighted by molar-refractivity contribution is 6.06. The van der Waals surface area contributed by atoms with Gasteiger partial charge >= 0.3 is 0 Å². The van der Waals surface area contributed by atoms with E-state index in [0.29, 0.717) is 29.3 Å². The van der Waals surface area contributed by atoms with Crippen molar-refractivity contribution in [3.63, 3.8) is 0 Å². The topological polar surface area (TPSA) is 40.5 Å². The van der Waals surface area contributed by atoms with Crippen molar-refractivity contribution in [1.29, 1.82) is 0 Å². The number of anilines is 1. The Kier molecular flexibility index (Phi) is 4.53. The number of allylic oxidation sites excluding steroid dienone is 1. The van der Waals surface area contributed by atoms with Gasteiger partial charge in [0, 0.05) is 25.2 Å². The molecule has 0 bridgehead atoms. The number of hydrogen-bond acceptors (Lipinski definition) is 3. The molecule has 4 atom stereocenters. The maximum Gasteiger partial charge on any atom is 0.165 e. The van der Waals surface area contributed by atoms with Gasteiger partial charge in [-0.2, -0.15) is 0 Å². The second kappa shape index (κ2) is 7.01. The van der Waals surface area contributed by atoms with E-state index in [4.69, 9.17) is 0 Å². The van der Waals surface area contributed by atoms with Gasteiger partial charge in [0.15, 0.2) is 5.78 Å². The summed E-state index contributed by atoms with van der Waals surface area (Å²) in [5.74, 6) is 2.26. The molecular formula is C27H31NO2. The molecule has 3 aliphatic carbocycles. The number of carbonyl (C=O) groups is 1. The molecule has 30 heavy (non-hydrogen) atoms. The minimum atomic E-state index is -0.217. The molecule has 2 fully saturated rings. The number of phenols is 1. The van der Waals surface area contributed by atoms with Crippen LogP contribution in [0.15, 0.2) is 48.0 Å². The maximum absolute atomic E-state index is 13.5. The highest BCUT2D eigenvalue weighted by atomic mass is 16.3. The number of Topliss-reactive ketones (excluding diaryl/α,β-unsaturated/α-hetero) is 1. The number of fused-ring (bicyclic) bond motifs is 5. The molecule has 0 heterocycles. The first-order valence-corrected chi connectivity index (χ1v) is 11.2. The number of benzene rings is 2. The second-order valence-corrected chi connectivity index (χ2v) is 9.94. The van der Waals surface area contributed by atoms with Crippen molar-refractivity contribution in [1.82, 2.24) is 0 Å². The molecule has 0 aromatic heterocycles. The molecule has 3 unspecified atom stereocenters. The van der Waals surface area contributed by atoms with Crippen LogP contribution >= 0.6 is 0 Å². The van der Waals surface area contributed by atoms with Crippen LogP contribution in [-0.4, -0.2) is 25.0 Å². The molecule has 1 N–H and O–H groups in total. The highest BCUT2D eigenvalue weighted by Crippen LogP contribution is 2.60. The number of aromatic hydroxyl groups is 1. The van der Waals surface area contributed by atoms with Crippen LogP contribution in [0.2, 0.25) is 0 Å². The van der Waals surface area contributed by atoms with Crippen LogP contribution in [0.4, 0.5) is 5.69 Å². The minimum Gasteiger partial charge on any atom is -0.508 e. The molecule has 0 radical (unpaired) electrons. The smallest absolute Gasteiger partial charge is 0.165 e. The van der Waals surface area contributed by atoms with Crippen LogP contribution in [0.1, 0.15) is 55.2 Å². The van der Waals surface area contributed by atoms with E-state index in [0.717, 1.165) is 43.2 Å². The minimum absolute atomic E-state index is 0.217. The van der Waals surface area contributed by atoms with Crippen molar-refractivity contribution in [2.45, 2.75) is 44.9 Å². The Bertz CT molecular complexity index is 1020. The predicted octanol–water partition coefficient (Wildman–Crippen LogP) is 5.58. The van der Waals surface area contributed by atoms with E-state index in [1.807, 2.05) is 26.2 Å². The average Bonchev–Trinajstić information content (AvgIpc) is 2.98. The summed E-state index contributed by atoms with van der Waals surface area (Å²) in [6.45, 7) is 2.22. The van der Waals surface area contributed by atoms with E-state index >= 15 is 0 Å². The van der Waals surface area contributed by atoms with Gasteiger partial charge in [-0.3, -0.25) is 4.79 Å². The molecule has 156 valence electrons. The molecule has 2 saturated carbocycles. The van der Waals surface area contributed by atoms with Crippen molar-refractivity contribution in [2.24, 2.45) is 17.3 Å². The number of hydrogen-bond donors (Lipinski definition) is 1. The summed E-state index contributed by atoms with van der Waals surface area (Å²) in [5.41, 5.74) is 5.80. The van der Waals surface area contributed by atoms with Crippen LogP contribution in [-0.2, 0) is 11.2 Å². The molecule has 3 nitrogen and oxygen atoms in total. The van der Waals surface area contributed by atoms with E-state index in [1.54, 1.807) is 0 Å². The van der Waals surface area contributed by atoms with E-state index < -0.39 is 0 Å². The molecular weight excluding hydrogens is 370 g/mol. The molecule has 0 spiro atoms. The molecule has 0 amide bonds. The molecule has 3 heteroatoms. The summed E-state index contributed by atoms with van der Waals surface area (Å²) in [6.07, 6.45) is 7.21. The summed E-state index contributed by atoms with van der Waals surface area (Å²) in [5, 5.41) is 9.88. The maximum atomic E-state index is 13.5. The molecule has 0 saturated heterocycles. The predicted molar refractivity (Wildman–Crippen MR) is 122 cm³/mol. The first-order valence-electron chi connectivity index (χ1n) is 11.2. The number of phenolic OH excluding ortho intramolecular Hbond substituents is 1. The van der Waals surface area contributed by atoms with Crippen molar-refractivity contribution < 1.29 is 9.90 Å². The monoisotopic (exact) mass is 401 g/mol. The van der Waals surface area contributed by atoms with Crippen LogP contribution in [0.3, 0.4) is 0 Å². The van der Waals surface area contributed by atoms with E-state index in [1.165, 1.54) is 16.8 Å². The zero-order valence-corrected chi connectivity index (χ0v) is 18.2. The van der Waals surface area contributed by atoms with Gasteiger partial charge in [-0.05, 0) is 102 Å². The first kappa shape index (κ1) is 19.4. The van der Waals surface area contributed by atoms with Crippen molar-refractivity contribution in [2.75, 3.05) is 19.0 Å². The van der Waals surface area contributed by atoms with Gasteiger partial charge in [0.2, 0.25) is 0 Å². The van der Waals surface area contributed by atoms with E-state index in [9.17, 15) is 9.90 Å². The van der Waals surface area contributed by atoms with Gasteiger partial charge in [0.1, 0.15) is 5.75 Å². The SMILES string of the molecule is CN(C)c1ccc(C=C2CC3C4CCc5cc(O)ccc5C4CC[C@]3(C)C2=O)cc1. The molecule has 3 aliphatic rings. The van der Waals surface area contributed by atoms with Crippen LogP contribution in [0.25, 0.3) is 6.08 Å². The number of carbonyl (C=O) groups excluding carboxylic acids is 1. The summed E-state index contributed by atoms with van der Waals surface area (Å²) >= 11 is 0. The van der Waals surface area contributed by atoms with Crippen LogP contribution < -0.4 is 4.90 Å². The van der Waals surface area contributed by atoms with Crippen molar-refractivity contribution in [3.8, 4) is 5.75 Å². The normalized spacial score (nSPS) is 31.2. The van der Waals surface area contributed by atoms with Gasteiger partial charge in [-0.25, -0.2) is 0 Å². The lowest BCUT2D eigenvalue weighted by molar-refractivity contribution is -0.127. The van der Waals surface area contributed by atoms with Gasteiger partial charge in [-0.15, -0.1) is 0 Å². The average molecular weight is 402 g/mol. The van der Waals surface area contributed by atoms with E-state index in [2.05, 4.69) is 48.2 Å². The third-order valence-corrected chi connectivity index (χ3v) is 8.10. The number of nitrogens with zero attached hydrogens (tertiary/aromatic N) is 1. The van der Waals surface area contributed by atoms with E-state index in [-0.39, 0.29) is 5.41 Å². The molecule has 5 rings (SSSR count). The quantitative estimate of drug-likeness (QED) is 0.668. The Hall–Kier alpha value is -2.55. The zero-order chi connectivity index (χ0) is 21.0. The fourth-order valence-corrected chi connectivity index (χ4v) is 6.44. The largest absolute Gasteiger partial charge is 0.508 e. The zero-order valence-electron chi connectivity index (χ0n) is 18.2. The number of ketones is 1. The lowest BCUT2D eigenvalue weighted by Gasteiger charge is -2.48. The summed E-state index contributed by atoms with van der Waals surface area (Å²) in [6, 6.07) is 14.4. The Morgan fingerprint density at radius 2 is 1.87 bits per heavy atom. The van der Waals surface area contributed by atoms with Crippen LogP contribution in [0.5, 0.6) is 5.75 Å². The Morgan fingerprint density at radius 1 is 1.10 bits per heavy atom. The summed E-state index contributed by atoms with van der Waals surface area (Å²) in [4.78, 5) is 15.6. The number of rotatable bonds is 2. The second-order valence-electron chi connectivity index (χ2n) is 9.94. The molecule has 2 aromatic carbocycles. The first-order chi connectivity index (χ1) is 14.4. The third-order valence-electron chi connectivity index (χ3n) is 8.10. The van der Waals surface area contributed by atoms with Crippen LogP contribution in [0, 0.1) is 17.3 Å². The fraction of sp³-hybridized carbons (Fsp3) is 0.444. The summed E-state index contributed by atoms with van der Waals surface area (Å²) < 4.78 is 0. The van der Waals surface area contributed by atoms with Gasteiger partial charge in [0.25, 0.3) is 0 Å². The Labute approximate surface area is 179 Å². The van der Waals surface area contributed by atoms with Crippen molar-refractivity contribution >= 4 is 17.5 Å². The Morgan fingerprint density at radius 3 is 2.60 bits per heavy atom. The highest BCUT2D eigenvalue weighted by Gasteiger charge is 2.56.